The van der Waals surface area contributed by atoms with E-state index in [0.29, 0.717) is 11.9 Å². The molecule has 1 unspecified atom stereocenters. The van der Waals surface area contributed by atoms with Gasteiger partial charge in [-0.15, -0.1) is 0 Å². The summed E-state index contributed by atoms with van der Waals surface area (Å²) in [6.45, 7) is 14.5. The Hall–Kier alpha value is -2.74. The van der Waals surface area contributed by atoms with E-state index in [1.54, 1.807) is 7.11 Å². The molecule has 180 valence electrons. The molecule has 1 atom stereocenters. The standard InChI is InChI=1S/C14H26N4O.C8H10O.2CH2O/c1-4-6-7-12(5-2)13-15-14(19-16-13)18-10-8-17(3)9-11-18;1-7-3-5-8(9-2)6-4-7;2*1-2/h12H,4-11H2,1-3H3;3-6H,1-2H3;2*1H2. The Bertz CT molecular complexity index is 679. The summed E-state index contributed by atoms with van der Waals surface area (Å²) >= 11 is 0. The zero-order valence-electron chi connectivity index (χ0n) is 20.4. The van der Waals surface area contributed by atoms with E-state index >= 15 is 0 Å². The van der Waals surface area contributed by atoms with E-state index in [1.165, 1.54) is 18.4 Å². The molecule has 3 rings (SSSR count). The van der Waals surface area contributed by atoms with Crippen molar-refractivity contribution in [3.8, 4) is 5.75 Å². The molecule has 0 saturated carbocycles. The fourth-order valence-corrected chi connectivity index (χ4v) is 3.16. The number of hydrogen-bond acceptors (Lipinski definition) is 8. The summed E-state index contributed by atoms with van der Waals surface area (Å²) < 4.78 is 10.4. The summed E-state index contributed by atoms with van der Waals surface area (Å²) in [6, 6.07) is 8.67. The normalized spacial score (nSPS) is 14.0. The number of rotatable bonds is 7. The number of benzene rings is 1. The van der Waals surface area contributed by atoms with Crippen LogP contribution in [0.3, 0.4) is 0 Å². The van der Waals surface area contributed by atoms with Gasteiger partial charge in [0, 0.05) is 32.1 Å². The molecule has 8 heteroatoms. The van der Waals surface area contributed by atoms with Gasteiger partial charge in [0.25, 0.3) is 0 Å². The first-order valence-corrected chi connectivity index (χ1v) is 11.0. The minimum absolute atomic E-state index is 0.449. The predicted molar refractivity (Wildman–Crippen MR) is 129 cm³/mol. The highest BCUT2D eigenvalue weighted by atomic mass is 16.5. The number of aromatic nitrogens is 2. The van der Waals surface area contributed by atoms with Gasteiger partial charge in [0.15, 0.2) is 5.82 Å². The molecular formula is C24H40N4O4. The number of methoxy groups -OCH3 is 1. The van der Waals surface area contributed by atoms with Gasteiger partial charge in [0.05, 0.1) is 7.11 Å². The SMILES string of the molecule is C=O.C=O.CCCCC(CC)c1noc(N2CCN(C)CC2)n1.COc1ccc(C)cc1. The smallest absolute Gasteiger partial charge is 0.324 e. The minimum atomic E-state index is 0.449. The van der Waals surface area contributed by atoms with Gasteiger partial charge in [-0.3, -0.25) is 0 Å². The molecule has 1 saturated heterocycles. The Labute approximate surface area is 192 Å². The lowest BCUT2D eigenvalue weighted by Gasteiger charge is -2.30. The first-order chi connectivity index (χ1) is 15.6. The topological polar surface area (TPSA) is 88.8 Å². The van der Waals surface area contributed by atoms with Gasteiger partial charge in [-0.25, -0.2) is 0 Å². The molecule has 0 amide bonds. The van der Waals surface area contributed by atoms with Crippen LogP contribution in [0, 0.1) is 6.92 Å². The second kappa shape index (κ2) is 17.9. The zero-order chi connectivity index (χ0) is 24.4. The highest BCUT2D eigenvalue weighted by molar-refractivity contribution is 5.27. The van der Waals surface area contributed by atoms with Crippen molar-refractivity contribution in [3.05, 3.63) is 35.7 Å². The number of piperazine rings is 1. The van der Waals surface area contributed by atoms with Crippen LogP contribution in [0.2, 0.25) is 0 Å². The third kappa shape index (κ3) is 10.5. The Morgan fingerprint density at radius 3 is 2.16 bits per heavy atom. The van der Waals surface area contributed by atoms with E-state index in [9.17, 15) is 0 Å². The number of carbonyl (C=O) groups is 2. The highest BCUT2D eigenvalue weighted by Gasteiger charge is 2.22. The Morgan fingerprint density at radius 1 is 1.06 bits per heavy atom. The molecule has 1 aliphatic rings. The predicted octanol–water partition coefficient (Wildman–Crippen LogP) is 4.14. The molecular weight excluding hydrogens is 408 g/mol. The van der Waals surface area contributed by atoms with Crippen molar-refractivity contribution in [2.75, 3.05) is 45.2 Å². The molecule has 0 aliphatic carbocycles. The van der Waals surface area contributed by atoms with Crippen molar-refractivity contribution in [1.29, 1.82) is 0 Å². The average molecular weight is 449 g/mol. The maximum absolute atomic E-state index is 8.00. The second-order valence-corrected chi connectivity index (χ2v) is 7.49. The first-order valence-electron chi connectivity index (χ1n) is 11.0. The van der Waals surface area contributed by atoms with Crippen LogP contribution in [-0.4, -0.2) is 69.0 Å². The van der Waals surface area contributed by atoms with Crippen molar-refractivity contribution < 1.29 is 18.8 Å². The van der Waals surface area contributed by atoms with E-state index < -0.39 is 0 Å². The van der Waals surface area contributed by atoms with E-state index in [1.807, 2.05) is 37.8 Å². The van der Waals surface area contributed by atoms with Gasteiger partial charge >= 0.3 is 6.01 Å². The van der Waals surface area contributed by atoms with Crippen LogP contribution in [0.1, 0.15) is 56.8 Å². The first kappa shape index (κ1) is 29.3. The molecule has 0 spiro atoms. The van der Waals surface area contributed by atoms with E-state index in [2.05, 4.69) is 47.8 Å². The van der Waals surface area contributed by atoms with Crippen LogP contribution in [0.15, 0.2) is 28.8 Å². The minimum Gasteiger partial charge on any atom is -0.497 e. The van der Waals surface area contributed by atoms with Crippen LogP contribution in [0.4, 0.5) is 6.01 Å². The molecule has 8 nitrogen and oxygen atoms in total. The van der Waals surface area contributed by atoms with E-state index in [-0.39, 0.29) is 0 Å². The summed E-state index contributed by atoms with van der Waals surface area (Å²) in [6.07, 6.45) is 4.70. The van der Waals surface area contributed by atoms with Crippen LogP contribution in [-0.2, 0) is 9.59 Å². The molecule has 2 aromatic rings. The summed E-state index contributed by atoms with van der Waals surface area (Å²) in [5.41, 5.74) is 1.26. The summed E-state index contributed by atoms with van der Waals surface area (Å²) in [7, 11) is 3.82. The summed E-state index contributed by atoms with van der Waals surface area (Å²) in [4.78, 5) is 25.1. The lowest BCUT2D eigenvalue weighted by Crippen LogP contribution is -2.44. The maximum atomic E-state index is 8.00. The number of hydrogen-bond donors (Lipinski definition) is 0. The third-order valence-electron chi connectivity index (χ3n) is 5.23. The molecule has 0 bridgehead atoms. The quantitative estimate of drug-likeness (QED) is 0.624. The second-order valence-electron chi connectivity index (χ2n) is 7.49. The third-order valence-corrected chi connectivity index (χ3v) is 5.23. The van der Waals surface area contributed by atoms with Crippen LogP contribution in [0.25, 0.3) is 0 Å². The largest absolute Gasteiger partial charge is 0.497 e. The van der Waals surface area contributed by atoms with E-state index in [4.69, 9.17) is 18.8 Å². The van der Waals surface area contributed by atoms with Gasteiger partial charge in [-0.2, -0.15) is 4.98 Å². The number of carbonyl (C=O) groups excluding carboxylic acids is 2. The van der Waals surface area contributed by atoms with Crippen LogP contribution < -0.4 is 9.64 Å². The van der Waals surface area contributed by atoms with Crippen molar-refractivity contribution in [1.82, 2.24) is 15.0 Å². The monoisotopic (exact) mass is 448 g/mol. The number of unbranched alkanes of at least 4 members (excludes halogenated alkanes) is 1. The molecule has 0 radical (unpaired) electrons. The number of likely N-dealkylation sites (N-methyl/N-ethyl adjacent to an activating group) is 1. The van der Waals surface area contributed by atoms with Gasteiger partial charge < -0.3 is 28.6 Å². The van der Waals surface area contributed by atoms with Crippen molar-refractivity contribution in [2.45, 2.75) is 52.4 Å². The lowest BCUT2D eigenvalue weighted by molar-refractivity contribution is -0.0987. The Balaban J connectivity index is 0.000000619. The average Bonchev–Trinajstić information content (AvgIpc) is 3.34. The molecule has 0 N–H and O–H groups in total. The zero-order valence-corrected chi connectivity index (χ0v) is 20.4. The Kier molecular flexibility index (Phi) is 16.4. The van der Waals surface area contributed by atoms with Gasteiger partial charge in [0.2, 0.25) is 0 Å². The number of aryl methyl sites for hydroxylation is 1. The van der Waals surface area contributed by atoms with Gasteiger partial charge in [-0.1, -0.05) is 49.5 Å². The van der Waals surface area contributed by atoms with Crippen molar-refractivity contribution >= 4 is 19.6 Å². The fraction of sp³-hybridized carbons (Fsp3) is 0.583. The molecule has 2 heterocycles. The number of ether oxygens (including phenoxy) is 1. The highest BCUT2D eigenvalue weighted by Crippen LogP contribution is 2.25. The molecule has 1 aromatic carbocycles. The summed E-state index contributed by atoms with van der Waals surface area (Å²) in [5, 5.41) is 4.19. The number of nitrogens with zero attached hydrogens (tertiary/aromatic N) is 4. The summed E-state index contributed by atoms with van der Waals surface area (Å²) in [5.74, 6) is 2.26. The molecule has 1 aromatic heterocycles. The van der Waals surface area contributed by atoms with Gasteiger partial charge in [0.1, 0.15) is 19.3 Å². The Morgan fingerprint density at radius 2 is 1.66 bits per heavy atom. The molecule has 1 aliphatic heterocycles. The number of anilines is 1. The van der Waals surface area contributed by atoms with Crippen molar-refractivity contribution in [2.24, 2.45) is 0 Å². The maximum Gasteiger partial charge on any atom is 0.324 e. The molecule has 1 fully saturated rings. The van der Waals surface area contributed by atoms with E-state index in [0.717, 1.165) is 50.6 Å². The fourth-order valence-electron chi connectivity index (χ4n) is 3.16. The van der Waals surface area contributed by atoms with Gasteiger partial charge in [-0.05, 0) is 38.9 Å². The lowest BCUT2D eigenvalue weighted by atomic mass is 9.99. The molecule has 32 heavy (non-hydrogen) atoms. The van der Waals surface area contributed by atoms with Crippen LogP contribution in [0.5, 0.6) is 5.75 Å². The van der Waals surface area contributed by atoms with Crippen LogP contribution >= 0.6 is 0 Å². The van der Waals surface area contributed by atoms with Crippen molar-refractivity contribution in [3.63, 3.8) is 0 Å².